The number of rotatable bonds is 9. The highest BCUT2D eigenvalue weighted by Crippen LogP contribution is 2.35. The number of ether oxygens (including phenoxy) is 2. The SMILES string of the molecule is C=COCCOc1ccc(-c2sc3cc(Cc4cccc5ccccc45)cc(=O)n3c2C(=O)O)cc1C. The van der Waals surface area contributed by atoms with Gasteiger partial charge in [-0.15, -0.1) is 11.3 Å². The molecule has 37 heavy (non-hydrogen) atoms. The number of hydrogen-bond acceptors (Lipinski definition) is 5. The van der Waals surface area contributed by atoms with E-state index in [2.05, 4.69) is 30.8 Å². The van der Waals surface area contributed by atoms with E-state index in [4.69, 9.17) is 9.47 Å². The van der Waals surface area contributed by atoms with E-state index in [9.17, 15) is 14.7 Å². The molecule has 7 heteroatoms. The van der Waals surface area contributed by atoms with Crippen molar-refractivity contribution in [3.05, 3.63) is 118 Å². The van der Waals surface area contributed by atoms with Gasteiger partial charge in [0.05, 0.1) is 11.1 Å². The quantitative estimate of drug-likeness (QED) is 0.185. The summed E-state index contributed by atoms with van der Waals surface area (Å²) in [4.78, 5) is 26.6. The summed E-state index contributed by atoms with van der Waals surface area (Å²) >= 11 is 1.30. The highest BCUT2D eigenvalue weighted by atomic mass is 32.1. The Morgan fingerprint density at radius 1 is 1.05 bits per heavy atom. The summed E-state index contributed by atoms with van der Waals surface area (Å²) in [7, 11) is 0. The number of carboxylic acids is 1. The molecule has 1 N–H and O–H groups in total. The Balaban J connectivity index is 1.54. The van der Waals surface area contributed by atoms with Crippen molar-refractivity contribution in [2.45, 2.75) is 13.3 Å². The van der Waals surface area contributed by atoms with Crippen molar-refractivity contribution in [3.63, 3.8) is 0 Å². The van der Waals surface area contributed by atoms with Gasteiger partial charge >= 0.3 is 5.97 Å². The minimum Gasteiger partial charge on any atom is -0.498 e. The largest absolute Gasteiger partial charge is 0.498 e. The Bertz CT molecular complexity index is 1690. The molecule has 0 amide bonds. The van der Waals surface area contributed by atoms with Gasteiger partial charge in [-0.3, -0.25) is 9.20 Å². The molecule has 2 aromatic heterocycles. The van der Waals surface area contributed by atoms with E-state index in [1.165, 1.54) is 28.1 Å². The van der Waals surface area contributed by atoms with Crippen molar-refractivity contribution in [2.75, 3.05) is 13.2 Å². The summed E-state index contributed by atoms with van der Waals surface area (Å²) in [6, 6.07) is 23.2. The average molecular weight is 512 g/mol. The molecule has 5 rings (SSSR count). The standard InChI is InChI=1S/C30H25NO5S/c1-3-35-13-14-36-25-12-11-23(15-19(25)2)29-28(30(33)34)31-26(32)17-20(18-27(31)37-29)16-22-9-6-8-21-7-4-5-10-24(21)22/h3-12,15,17-18H,1,13-14,16H2,2H3,(H,33,34). The molecule has 0 spiro atoms. The lowest BCUT2D eigenvalue weighted by Crippen LogP contribution is -2.17. The molecular formula is C30H25NO5S. The van der Waals surface area contributed by atoms with Gasteiger partial charge in [0.15, 0.2) is 5.69 Å². The van der Waals surface area contributed by atoms with Crippen LogP contribution in [0.25, 0.3) is 26.0 Å². The van der Waals surface area contributed by atoms with Gasteiger partial charge in [0.25, 0.3) is 5.56 Å². The summed E-state index contributed by atoms with van der Waals surface area (Å²) in [5, 5.41) is 12.3. The Kier molecular flexibility index (Phi) is 6.79. The number of thiazole rings is 1. The number of carbonyl (C=O) groups is 1. The number of nitrogens with zero attached hydrogens (tertiary/aromatic N) is 1. The van der Waals surface area contributed by atoms with Gasteiger partial charge in [-0.2, -0.15) is 0 Å². The molecule has 186 valence electrons. The van der Waals surface area contributed by atoms with Crippen LogP contribution in [0, 0.1) is 6.92 Å². The number of carboxylic acid groups (broad SMARTS) is 1. The summed E-state index contributed by atoms with van der Waals surface area (Å²) in [6.07, 6.45) is 1.94. The predicted octanol–water partition coefficient (Wildman–Crippen LogP) is 6.32. The number of aryl methyl sites for hydroxylation is 1. The van der Waals surface area contributed by atoms with E-state index in [-0.39, 0.29) is 11.3 Å². The van der Waals surface area contributed by atoms with Crippen LogP contribution in [0.1, 0.15) is 27.2 Å². The molecule has 0 atom stereocenters. The summed E-state index contributed by atoms with van der Waals surface area (Å²) in [5.41, 5.74) is 3.14. The van der Waals surface area contributed by atoms with Crippen LogP contribution < -0.4 is 10.3 Å². The highest BCUT2D eigenvalue weighted by Gasteiger charge is 2.22. The van der Waals surface area contributed by atoms with E-state index in [0.29, 0.717) is 40.7 Å². The summed E-state index contributed by atoms with van der Waals surface area (Å²) in [5.74, 6) is -0.464. The minimum atomic E-state index is -1.15. The van der Waals surface area contributed by atoms with Crippen LogP contribution >= 0.6 is 11.3 Å². The number of benzene rings is 3. The van der Waals surface area contributed by atoms with Gasteiger partial charge < -0.3 is 14.6 Å². The van der Waals surface area contributed by atoms with Gasteiger partial charge in [-0.1, -0.05) is 49.0 Å². The zero-order valence-corrected chi connectivity index (χ0v) is 21.1. The lowest BCUT2D eigenvalue weighted by Gasteiger charge is -2.10. The average Bonchev–Trinajstić information content (AvgIpc) is 3.28. The topological polar surface area (TPSA) is 77.2 Å². The van der Waals surface area contributed by atoms with Gasteiger partial charge in [0.2, 0.25) is 0 Å². The van der Waals surface area contributed by atoms with Crippen LogP contribution in [0.15, 0.2) is 90.4 Å². The maximum atomic E-state index is 13.2. The van der Waals surface area contributed by atoms with Crippen molar-refractivity contribution >= 4 is 32.9 Å². The van der Waals surface area contributed by atoms with Crippen LogP contribution in [0.5, 0.6) is 5.75 Å². The van der Waals surface area contributed by atoms with Crippen molar-refractivity contribution < 1.29 is 19.4 Å². The Morgan fingerprint density at radius 2 is 1.86 bits per heavy atom. The molecule has 0 saturated heterocycles. The van der Waals surface area contributed by atoms with E-state index in [0.717, 1.165) is 27.5 Å². The molecule has 6 nitrogen and oxygen atoms in total. The fourth-order valence-electron chi connectivity index (χ4n) is 4.54. The molecule has 3 aromatic carbocycles. The highest BCUT2D eigenvalue weighted by molar-refractivity contribution is 7.21. The predicted molar refractivity (Wildman–Crippen MR) is 147 cm³/mol. The van der Waals surface area contributed by atoms with E-state index in [1.807, 2.05) is 49.4 Å². The van der Waals surface area contributed by atoms with Crippen molar-refractivity contribution in [3.8, 4) is 16.2 Å². The molecule has 0 unspecified atom stereocenters. The first-order valence-corrected chi connectivity index (χ1v) is 12.6. The third kappa shape index (κ3) is 4.86. The second-order valence-corrected chi connectivity index (χ2v) is 9.67. The number of fused-ring (bicyclic) bond motifs is 2. The normalized spacial score (nSPS) is 11.1. The number of hydrogen-bond donors (Lipinski definition) is 1. The third-order valence-electron chi connectivity index (χ3n) is 6.19. The zero-order chi connectivity index (χ0) is 25.9. The first-order valence-electron chi connectivity index (χ1n) is 11.8. The lowest BCUT2D eigenvalue weighted by atomic mass is 9.99. The van der Waals surface area contributed by atoms with Gasteiger partial charge in [-0.05, 0) is 70.6 Å². The lowest BCUT2D eigenvalue weighted by molar-refractivity contribution is 0.0690. The first-order chi connectivity index (χ1) is 18.0. The number of pyridine rings is 1. The van der Waals surface area contributed by atoms with Crippen molar-refractivity contribution in [1.82, 2.24) is 4.40 Å². The van der Waals surface area contributed by atoms with Crippen LogP contribution in [0.2, 0.25) is 0 Å². The molecule has 0 aliphatic carbocycles. The van der Waals surface area contributed by atoms with Crippen molar-refractivity contribution in [1.29, 1.82) is 0 Å². The molecule has 0 fully saturated rings. The molecular weight excluding hydrogens is 486 g/mol. The maximum absolute atomic E-state index is 13.2. The fourth-order valence-corrected chi connectivity index (χ4v) is 5.75. The first kappa shape index (κ1) is 24.3. The van der Waals surface area contributed by atoms with Crippen LogP contribution in [-0.4, -0.2) is 28.7 Å². The molecule has 2 heterocycles. The summed E-state index contributed by atoms with van der Waals surface area (Å²) in [6.45, 7) is 6.15. The second kappa shape index (κ2) is 10.3. The fraction of sp³-hybridized carbons (Fsp3) is 0.133. The van der Waals surface area contributed by atoms with Gasteiger partial charge in [0.1, 0.15) is 23.8 Å². The van der Waals surface area contributed by atoms with Crippen LogP contribution in [0.4, 0.5) is 0 Å². The van der Waals surface area contributed by atoms with E-state index >= 15 is 0 Å². The van der Waals surface area contributed by atoms with Gasteiger partial charge in [0, 0.05) is 6.07 Å². The summed E-state index contributed by atoms with van der Waals surface area (Å²) < 4.78 is 12.1. The second-order valence-electron chi connectivity index (χ2n) is 8.64. The molecule has 0 bridgehead atoms. The zero-order valence-electron chi connectivity index (χ0n) is 20.3. The van der Waals surface area contributed by atoms with E-state index < -0.39 is 5.97 Å². The van der Waals surface area contributed by atoms with Gasteiger partial charge in [-0.25, -0.2) is 4.79 Å². The molecule has 5 aromatic rings. The molecule has 0 aliphatic rings. The Hall–Kier alpha value is -4.36. The minimum absolute atomic E-state index is 0.0332. The Morgan fingerprint density at radius 3 is 2.65 bits per heavy atom. The van der Waals surface area contributed by atoms with Crippen LogP contribution in [0.3, 0.4) is 0 Å². The maximum Gasteiger partial charge on any atom is 0.354 e. The molecule has 0 aliphatic heterocycles. The Labute approximate surface area is 217 Å². The number of aromatic nitrogens is 1. The smallest absolute Gasteiger partial charge is 0.354 e. The number of aromatic carboxylic acids is 1. The molecule has 0 saturated carbocycles. The van der Waals surface area contributed by atoms with E-state index in [1.54, 1.807) is 0 Å². The third-order valence-corrected chi connectivity index (χ3v) is 7.34. The monoisotopic (exact) mass is 511 g/mol. The molecule has 0 radical (unpaired) electrons. The van der Waals surface area contributed by atoms with Crippen LogP contribution in [-0.2, 0) is 11.2 Å². The van der Waals surface area contributed by atoms with Crippen molar-refractivity contribution in [2.24, 2.45) is 0 Å².